The molecule has 0 spiro atoms. The predicted molar refractivity (Wildman–Crippen MR) is 78.2 cm³/mol. The molecule has 0 aliphatic rings. The number of hydrogen-bond acceptors (Lipinski definition) is 5. The average Bonchev–Trinajstić information content (AvgIpc) is 3.02. The van der Waals surface area contributed by atoms with E-state index < -0.39 is 11.8 Å². The number of benzene rings is 2. The highest BCUT2D eigenvalue weighted by atomic mass is 79.9. The van der Waals surface area contributed by atoms with Gasteiger partial charge in [-0.15, -0.1) is 5.10 Å². The van der Waals surface area contributed by atoms with Crippen molar-refractivity contribution in [3.63, 3.8) is 0 Å². The third-order valence-electron chi connectivity index (χ3n) is 2.81. The monoisotopic (exact) mass is 362 g/mol. The number of aromatic nitrogens is 4. The van der Waals surface area contributed by atoms with Gasteiger partial charge in [0.2, 0.25) is 0 Å². The minimum Gasteiger partial charge on any atom is -0.423 e. The van der Waals surface area contributed by atoms with Crippen molar-refractivity contribution >= 4 is 21.9 Å². The minimum absolute atomic E-state index is 0.242. The Balaban J connectivity index is 1.77. The van der Waals surface area contributed by atoms with E-state index in [9.17, 15) is 9.18 Å². The molecule has 0 aliphatic heterocycles. The summed E-state index contributed by atoms with van der Waals surface area (Å²) in [6.45, 7) is 0. The Bertz CT molecular complexity index is 806. The zero-order valence-corrected chi connectivity index (χ0v) is 12.6. The Morgan fingerprint density at radius 3 is 2.59 bits per heavy atom. The van der Waals surface area contributed by atoms with E-state index in [-0.39, 0.29) is 5.56 Å². The van der Waals surface area contributed by atoms with E-state index in [0.717, 1.165) is 5.69 Å². The number of rotatable bonds is 3. The van der Waals surface area contributed by atoms with E-state index in [4.69, 9.17) is 4.74 Å². The summed E-state index contributed by atoms with van der Waals surface area (Å²) < 4.78 is 20.1. The summed E-state index contributed by atoms with van der Waals surface area (Å²) in [6.07, 6.45) is 1.46. The van der Waals surface area contributed by atoms with Crippen molar-refractivity contribution in [1.29, 1.82) is 0 Å². The lowest BCUT2D eigenvalue weighted by Crippen LogP contribution is -2.09. The maximum Gasteiger partial charge on any atom is 0.344 e. The third kappa shape index (κ3) is 3.01. The van der Waals surface area contributed by atoms with Crippen LogP contribution < -0.4 is 4.74 Å². The number of halogens is 2. The molecule has 0 radical (unpaired) electrons. The lowest BCUT2D eigenvalue weighted by atomic mass is 10.2. The molecule has 3 rings (SSSR count). The molecule has 22 heavy (non-hydrogen) atoms. The van der Waals surface area contributed by atoms with E-state index in [1.165, 1.54) is 29.2 Å². The molecule has 1 aromatic heterocycles. The van der Waals surface area contributed by atoms with Crippen molar-refractivity contribution in [3.05, 3.63) is 64.6 Å². The molecule has 0 saturated heterocycles. The van der Waals surface area contributed by atoms with Crippen LogP contribution in [0, 0.1) is 5.82 Å². The number of esters is 1. The largest absolute Gasteiger partial charge is 0.423 e. The van der Waals surface area contributed by atoms with E-state index in [1.54, 1.807) is 24.3 Å². The molecule has 0 atom stereocenters. The number of ether oxygens (including phenoxy) is 1. The molecule has 0 N–H and O–H groups in total. The first-order valence-electron chi connectivity index (χ1n) is 6.14. The first kappa shape index (κ1) is 14.3. The quantitative estimate of drug-likeness (QED) is 0.529. The Morgan fingerprint density at radius 1 is 1.18 bits per heavy atom. The Morgan fingerprint density at radius 2 is 1.95 bits per heavy atom. The second kappa shape index (κ2) is 6.02. The molecule has 110 valence electrons. The fourth-order valence-corrected chi connectivity index (χ4v) is 2.28. The van der Waals surface area contributed by atoms with Crippen LogP contribution in [-0.4, -0.2) is 26.2 Å². The van der Waals surface area contributed by atoms with Crippen LogP contribution in [0.1, 0.15) is 10.4 Å². The van der Waals surface area contributed by atoms with Gasteiger partial charge in [-0.05, 0) is 68.8 Å². The average molecular weight is 363 g/mol. The Labute approximate surface area is 132 Å². The summed E-state index contributed by atoms with van der Waals surface area (Å²) in [6, 6.07) is 10.4. The fraction of sp³-hybridized carbons (Fsp3) is 0. The lowest BCUT2D eigenvalue weighted by molar-refractivity contribution is 0.0733. The molecule has 0 aliphatic carbocycles. The number of carbonyl (C=O) groups excluding carboxylic acids is 1. The van der Waals surface area contributed by atoms with Gasteiger partial charge in [-0.25, -0.2) is 13.9 Å². The summed E-state index contributed by atoms with van der Waals surface area (Å²) in [5.41, 5.74) is 0.971. The molecular weight excluding hydrogens is 355 g/mol. The van der Waals surface area contributed by atoms with Gasteiger partial charge >= 0.3 is 5.97 Å². The van der Waals surface area contributed by atoms with Gasteiger partial charge in [-0.1, -0.05) is 0 Å². The fourth-order valence-electron chi connectivity index (χ4n) is 1.76. The number of hydrogen-bond donors (Lipinski definition) is 0. The molecule has 2 aromatic carbocycles. The smallest absolute Gasteiger partial charge is 0.344 e. The minimum atomic E-state index is -0.581. The van der Waals surface area contributed by atoms with Crippen molar-refractivity contribution in [1.82, 2.24) is 20.2 Å². The van der Waals surface area contributed by atoms with Gasteiger partial charge in [-0.2, -0.15) is 0 Å². The molecule has 6 nitrogen and oxygen atoms in total. The molecule has 0 amide bonds. The predicted octanol–water partition coefficient (Wildman–Crippen LogP) is 2.78. The summed E-state index contributed by atoms with van der Waals surface area (Å²) >= 11 is 3.13. The van der Waals surface area contributed by atoms with E-state index in [2.05, 4.69) is 31.5 Å². The van der Waals surface area contributed by atoms with Crippen LogP contribution in [0.2, 0.25) is 0 Å². The molecule has 0 saturated carbocycles. The molecule has 3 aromatic rings. The van der Waals surface area contributed by atoms with E-state index in [0.29, 0.717) is 10.2 Å². The first-order valence-corrected chi connectivity index (χ1v) is 6.93. The summed E-state index contributed by atoms with van der Waals surface area (Å²) in [7, 11) is 0. The van der Waals surface area contributed by atoms with Crippen LogP contribution in [-0.2, 0) is 0 Å². The number of carbonyl (C=O) groups is 1. The van der Waals surface area contributed by atoms with Crippen LogP contribution in [0.15, 0.2) is 53.3 Å². The molecule has 8 heteroatoms. The zero-order chi connectivity index (χ0) is 15.5. The van der Waals surface area contributed by atoms with Gasteiger partial charge in [0.25, 0.3) is 0 Å². The second-order valence-corrected chi connectivity index (χ2v) is 5.12. The maximum atomic E-state index is 13.0. The van der Waals surface area contributed by atoms with Crippen molar-refractivity contribution in [2.24, 2.45) is 0 Å². The van der Waals surface area contributed by atoms with Crippen molar-refractivity contribution in [2.75, 3.05) is 0 Å². The number of tetrazole rings is 1. The van der Waals surface area contributed by atoms with Crippen LogP contribution in [0.5, 0.6) is 5.75 Å². The van der Waals surface area contributed by atoms with Crippen molar-refractivity contribution in [2.45, 2.75) is 0 Å². The Kier molecular flexibility index (Phi) is 3.92. The normalized spacial score (nSPS) is 10.5. The van der Waals surface area contributed by atoms with Gasteiger partial charge in [0.05, 0.1) is 11.3 Å². The van der Waals surface area contributed by atoms with Crippen LogP contribution in [0.4, 0.5) is 4.39 Å². The maximum absolute atomic E-state index is 13.0. The highest BCUT2D eigenvalue weighted by Crippen LogP contribution is 2.21. The number of nitrogens with zero attached hydrogens (tertiary/aromatic N) is 4. The van der Waals surface area contributed by atoms with Crippen LogP contribution in [0.3, 0.4) is 0 Å². The highest BCUT2D eigenvalue weighted by Gasteiger charge is 2.13. The van der Waals surface area contributed by atoms with Crippen molar-refractivity contribution in [3.8, 4) is 11.4 Å². The topological polar surface area (TPSA) is 69.9 Å². The lowest BCUT2D eigenvalue weighted by Gasteiger charge is -2.07. The molecule has 0 unspecified atom stereocenters. The van der Waals surface area contributed by atoms with Gasteiger partial charge in [0.15, 0.2) is 0 Å². The summed E-state index contributed by atoms with van der Waals surface area (Å²) in [5, 5.41) is 10.8. The zero-order valence-electron chi connectivity index (χ0n) is 11.0. The summed E-state index contributed by atoms with van der Waals surface area (Å²) in [5.74, 6) is -0.658. The highest BCUT2D eigenvalue weighted by molar-refractivity contribution is 9.10. The third-order valence-corrected chi connectivity index (χ3v) is 3.47. The van der Waals surface area contributed by atoms with Crippen molar-refractivity contribution < 1.29 is 13.9 Å². The van der Waals surface area contributed by atoms with Crippen LogP contribution >= 0.6 is 15.9 Å². The van der Waals surface area contributed by atoms with Gasteiger partial charge in [0.1, 0.15) is 17.9 Å². The van der Waals surface area contributed by atoms with E-state index in [1.807, 2.05) is 0 Å². The SMILES string of the molecule is O=C(Oc1ccc(-n2cnnn2)cc1)c1ccc(F)cc1Br. The summed E-state index contributed by atoms with van der Waals surface area (Å²) in [4.78, 5) is 12.0. The second-order valence-electron chi connectivity index (χ2n) is 4.26. The first-order chi connectivity index (χ1) is 10.6. The molecule has 0 fully saturated rings. The van der Waals surface area contributed by atoms with Gasteiger partial charge in [-0.3, -0.25) is 0 Å². The molecule has 1 heterocycles. The standard InChI is InChI=1S/C14H8BrFN4O2/c15-13-7-9(16)1-6-12(13)14(21)22-11-4-2-10(3-5-11)20-8-17-18-19-20/h1-8H. The van der Waals surface area contributed by atoms with Gasteiger partial charge in [0, 0.05) is 4.47 Å². The van der Waals surface area contributed by atoms with Crippen LogP contribution in [0.25, 0.3) is 5.69 Å². The molecule has 0 bridgehead atoms. The van der Waals surface area contributed by atoms with Gasteiger partial charge < -0.3 is 4.74 Å². The Hall–Kier alpha value is -2.61. The molecular formula is C14H8BrFN4O2. The van der Waals surface area contributed by atoms with E-state index >= 15 is 0 Å².